The molecule has 2 aliphatic heterocycles. The molecule has 2 fully saturated rings. The number of aromatic nitrogens is 2. The van der Waals surface area contributed by atoms with Gasteiger partial charge in [0.05, 0.1) is 0 Å². The van der Waals surface area contributed by atoms with Gasteiger partial charge >= 0.3 is 0 Å². The van der Waals surface area contributed by atoms with E-state index in [4.69, 9.17) is 9.26 Å². The first kappa shape index (κ1) is 24.7. The van der Waals surface area contributed by atoms with Crippen LogP contribution in [0.3, 0.4) is 0 Å². The molecule has 2 aromatic rings. The number of carbonyl (C=O) groups is 2. The lowest BCUT2D eigenvalue weighted by Crippen LogP contribution is -2.50. The van der Waals surface area contributed by atoms with E-state index in [1.165, 1.54) is 6.42 Å². The topological polar surface area (TPSA) is 88.8 Å². The number of rotatable bonds is 8. The Morgan fingerprint density at radius 2 is 1.97 bits per heavy atom. The molecule has 2 aliphatic rings. The Labute approximate surface area is 209 Å². The molecular formula is C25H33BrN4O4. The van der Waals surface area contributed by atoms with E-state index in [2.05, 4.69) is 26.1 Å². The lowest BCUT2D eigenvalue weighted by atomic mass is 9.90. The number of amides is 2. The fourth-order valence-corrected chi connectivity index (χ4v) is 5.09. The first-order valence-electron chi connectivity index (χ1n) is 12.3. The molecule has 8 nitrogen and oxygen atoms in total. The van der Waals surface area contributed by atoms with Crippen LogP contribution < -0.4 is 4.74 Å². The number of aryl methyl sites for hydroxylation is 2. The second kappa shape index (κ2) is 11.8. The van der Waals surface area contributed by atoms with E-state index in [1.54, 1.807) is 0 Å². The Morgan fingerprint density at radius 1 is 1.15 bits per heavy atom. The molecule has 1 aromatic heterocycles. The number of likely N-dealkylation sites (tertiary alicyclic amines) is 2. The van der Waals surface area contributed by atoms with E-state index in [0.29, 0.717) is 56.9 Å². The average molecular weight is 533 g/mol. The van der Waals surface area contributed by atoms with Gasteiger partial charge in [0.1, 0.15) is 11.9 Å². The number of benzene rings is 1. The third kappa shape index (κ3) is 6.58. The molecule has 184 valence electrons. The van der Waals surface area contributed by atoms with E-state index >= 15 is 0 Å². The Bertz CT molecular complexity index is 975. The van der Waals surface area contributed by atoms with Gasteiger partial charge in [-0.3, -0.25) is 9.59 Å². The standard InChI is InChI=1S/C25H33BrN4O4/c1-2-22-27-23(34-28-22)9-10-24(31)30-14-11-21(33-20-8-6-7-19(26)16-20)18(17-30)15-25(32)29-12-4-3-5-13-29/h6-8,16,18,21H,2-5,9-15,17H2,1H3/t18-,21-/m0/s1. The van der Waals surface area contributed by atoms with Crippen molar-refractivity contribution in [3.8, 4) is 5.75 Å². The van der Waals surface area contributed by atoms with Crippen LogP contribution in [0.4, 0.5) is 0 Å². The zero-order valence-corrected chi connectivity index (χ0v) is 21.3. The number of piperidine rings is 2. The van der Waals surface area contributed by atoms with E-state index in [0.717, 1.165) is 36.2 Å². The van der Waals surface area contributed by atoms with Crippen LogP contribution in [-0.4, -0.2) is 64.0 Å². The summed E-state index contributed by atoms with van der Waals surface area (Å²) in [5, 5.41) is 3.90. The van der Waals surface area contributed by atoms with Crippen molar-refractivity contribution in [3.63, 3.8) is 0 Å². The molecule has 2 atom stereocenters. The van der Waals surface area contributed by atoms with Crippen LogP contribution in [0, 0.1) is 5.92 Å². The van der Waals surface area contributed by atoms with Crippen LogP contribution in [0.2, 0.25) is 0 Å². The van der Waals surface area contributed by atoms with E-state index in [-0.39, 0.29) is 23.8 Å². The monoisotopic (exact) mass is 532 g/mol. The molecule has 0 unspecified atom stereocenters. The molecule has 0 bridgehead atoms. The summed E-state index contributed by atoms with van der Waals surface area (Å²) < 4.78 is 12.5. The van der Waals surface area contributed by atoms with Crippen LogP contribution >= 0.6 is 15.9 Å². The zero-order valence-electron chi connectivity index (χ0n) is 19.7. The third-order valence-corrected chi connectivity index (χ3v) is 7.12. The van der Waals surface area contributed by atoms with E-state index in [1.807, 2.05) is 41.0 Å². The first-order chi connectivity index (χ1) is 16.5. The van der Waals surface area contributed by atoms with Crippen molar-refractivity contribution in [2.24, 2.45) is 5.92 Å². The van der Waals surface area contributed by atoms with Crippen molar-refractivity contribution in [1.82, 2.24) is 19.9 Å². The minimum atomic E-state index is -0.116. The highest BCUT2D eigenvalue weighted by Crippen LogP contribution is 2.28. The predicted molar refractivity (Wildman–Crippen MR) is 130 cm³/mol. The summed E-state index contributed by atoms with van der Waals surface area (Å²) in [7, 11) is 0. The van der Waals surface area contributed by atoms with Gasteiger partial charge in [0, 0.05) is 68.7 Å². The minimum Gasteiger partial charge on any atom is -0.490 e. The summed E-state index contributed by atoms with van der Waals surface area (Å²) in [6.45, 7) is 4.74. The third-order valence-electron chi connectivity index (χ3n) is 6.63. The molecule has 1 aromatic carbocycles. The Kier molecular flexibility index (Phi) is 8.59. The first-order valence-corrected chi connectivity index (χ1v) is 13.1. The number of hydrogen-bond acceptors (Lipinski definition) is 6. The SMILES string of the molecule is CCc1noc(CCC(=O)N2CC[C@H](Oc3cccc(Br)c3)[C@@H](CC(=O)N3CCCCC3)C2)n1. The second-order valence-corrected chi connectivity index (χ2v) is 10.0. The molecule has 2 amide bonds. The van der Waals surface area contributed by atoms with Crippen LogP contribution in [0.1, 0.15) is 57.2 Å². The van der Waals surface area contributed by atoms with Crippen LogP contribution in [0.5, 0.6) is 5.75 Å². The van der Waals surface area contributed by atoms with Gasteiger partial charge in [0.2, 0.25) is 17.7 Å². The summed E-state index contributed by atoms with van der Waals surface area (Å²) in [6.07, 6.45) is 5.73. The Hall–Kier alpha value is -2.42. The number of ether oxygens (including phenoxy) is 1. The molecule has 0 aliphatic carbocycles. The maximum absolute atomic E-state index is 13.1. The van der Waals surface area contributed by atoms with Gasteiger partial charge in [-0.2, -0.15) is 4.98 Å². The van der Waals surface area contributed by atoms with Gasteiger partial charge in [0.25, 0.3) is 0 Å². The highest BCUT2D eigenvalue weighted by molar-refractivity contribution is 9.10. The number of nitrogens with zero attached hydrogens (tertiary/aromatic N) is 4. The number of halogens is 1. The molecule has 0 N–H and O–H groups in total. The summed E-state index contributed by atoms with van der Waals surface area (Å²) >= 11 is 3.49. The predicted octanol–water partition coefficient (Wildman–Crippen LogP) is 4.03. The average Bonchev–Trinajstić information content (AvgIpc) is 3.32. The highest BCUT2D eigenvalue weighted by Gasteiger charge is 2.35. The van der Waals surface area contributed by atoms with Crippen molar-refractivity contribution < 1.29 is 18.8 Å². The highest BCUT2D eigenvalue weighted by atomic mass is 79.9. The normalized spacial score (nSPS) is 20.9. The van der Waals surface area contributed by atoms with Gasteiger partial charge in [0.15, 0.2) is 5.82 Å². The van der Waals surface area contributed by atoms with Gasteiger partial charge in [-0.15, -0.1) is 0 Å². The van der Waals surface area contributed by atoms with Crippen molar-refractivity contribution in [1.29, 1.82) is 0 Å². The molecule has 9 heteroatoms. The maximum Gasteiger partial charge on any atom is 0.227 e. The largest absolute Gasteiger partial charge is 0.490 e. The summed E-state index contributed by atoms with van der Waals surface area (Å²) in [4.78, 5) is 34.2. The van der Waals surface area contributed by atoms with Gasteiger partial charge < -0.3 is 19.1 Å². The quantitative estimate of drug-likeness (QED) is 0.509. The molecule has 0 spiro atoms. The van der Waals surface area contributed by atoms with E-state index < -0.39 is 0 Å². The molecule has 0 saturated carbocycles. The summed E-state index contributed by atoms with van der Waals surface area (Å²) in [5.41, 5.74) is 0. The molecule has 0 radical (unpaired) electrons. The van der Waals surface area contributed by atoms with E-state index in [9.17, 15) is 9.59 Å². The van der Waals surface area contributed by atoms with Crippen molar-refractivity contribution in [3.05, 3.63) is 40.5 Å². The Morgan fingerprint density at radius 3 is 2.71 bits per heavy atom. The van der Waals surface area contributed by atoms with Crippen molar-refractivity contribution >= 4 is 27.7 Å². The molecular weight excluding hydrogens is 500 g/mol. The molecule has 34 heavy (non-hydrogen) atoms. The second-order valence-electron chi connectivity index (χ2n) is 9.11. The lowest BCUT2D eigenvalue weighted by Gasteiger charge is -2.39. The van der Waals surface area contributed by atoms with Gasteiger partial charge in [-0.05, 0) is 37.5 Å². The van der Waals surface area contributed by atoms with Crippen molar-refractivity contribution in [2.45, 2.75) is 64.4 Å². The molecule has 4 rings (SSSR count). The smallest absolute Gasteiger partial charge is 0.227 e. The maximum atomic E-state index is 13.1. The zero-order chi connectivity index (χ0) is 23.9. The lowest BCUT2D eigenvalue weighted by molar-refractivity contribution is -0.139. The number of carbonyl (C=O) groups excluding carboxylic acids is 2. The summed E-state index contributed by atoms with van der Waals surface area (Å²) in [6, 6.07) is 7.77. The fraction of sp³-hybridized carbons (Fsp3) is 0.600. The fourth-order valence-electron chi connectivity index (χ4n) is 4.71. The Balaban J connectivity index is 1.40. The number of hydrogen-bond donors (Lipinski definition) is 0. The molecule has 2 saturated heterocycles. The van der Waals surface area contributed by atoms with Crippen LogP contribution in [0.15, 0.2) is 33.3 Å². The van der Waals surface area contributed by atoms with Crippen LogP contribution in [0.25, 0.3) is 0 Å². The van der Waals surface area contributed by atoms with Gasteiger partial charge in [-0.25, -0.2) is 0 Å². The van der Waals surface area contributed by atoms with Crippen LogP contribution in [-0.2, 0) is 22.4 Å². The van der Waals surface area contributed by atoms with Crippen molar-refractivity contribution in [2.75, 3.05) is 26.2 Å². The van der Waals surface area contributed by atoms with Gasteiger partial charge in [-0.1, -0.05) is 34.1 Å². The molecule has 3 heterocycles. The summed E-state index contributed by atoms with van der Waals surface area (Å²) in [5.74, 6) is 2.09. The minimum absolute atomic E-state index is 0.0487.